The summed E-state index contributed by atoms with van der Waals surface area (Å²) in [5.74, 6) is -0.129. The van der Waals surface area contributed by atoms with E-state index in [-0.39, 0.29) is 0 Å². The Morgan fingerprint density at radius 3 is 2.20 bits per heavy atom. The number of urea groups is 1. The molecule has 2 aliphatic rings. The predicted molar refractivity (Wildman–Crippen MR) is 86.2 cm³/mol. The van der Waals surface area contributed by atoms with E-state index in [0.29, 0.717) is 24.0 Å². The molecule has 0 spiro atoms. The quantitative estimate of drug-likeness (QED) is 0.770. The number of imide groups is 2. The Kier molecular flexibility index (Phi) is 4.89. The molecule has 2 N–H and O–H groups in total. The van der Waals surface area contributed by atoms with E-state index < -0.39 is 23.4 Å². The highest BCUT2D eigenvalue weighted by molar-refractivity contribution is 6.21. The highest BCUT2D eigenvalue weighted by Gasteiger charge is 2.48. The second-order valence-corrected chi connectivity index (χ2v) is 6.21. The molecule has 1 aromatic carbocycles. The highest BCUT2D eigenvalue weighted by Crippen LogP contribution is 2.24. The molecule has 0 saturated carbocycles. The van der Waals surface area contributed by atoms with Crippen LogP contribution in [-0.4, -0.2) is 43.3 Å². The summed E-state index contributed by atoms with van der Waals surface area (Å²) in [6, 6.07) is 5.79. The first-order valence-corrected chi connectivity index (χ1v) is 8.14. The summed E-state index contributed by atoms with van der Waals surface area (Å²) in [6.45, 7) is 3.46. The molecule has 2 fully saturated rings. The molecule has 1 aromatic rings. The monoisotopic (exact) mass is 348 g/mol. The molecule has 0 aliphatic carbocycles. The van der Waals surface area contributed by atoms with Crippen LogP contribution in [0.25, 0.3) is 0 Å². The van der Waals surface area contributed by atoms with Crippen LogP contribution in [0.1, 0.15) is 19.8 Å². The van der Waals surface area contributed by atoms with Gasteiger partial charge in [-0.3, -0.25) is 20.2 Å². The summed E-state index contributed by atoms with van der Waals surface area (Å²) in [4.78, 5) is 35.0. The number of barbiturate groups is 1. The first-order chi connectivity index (χ1) is 12.0. The van der Waals surface area contributed by atoms with Crippen LogP contribution in [0.2, 0.25) is 0 Å². The van der Waals surface area contributed by atoms with Gasteiger partial charge in [0.1, 0.15) is 11.5 Å². The van der Waals surface area contributed by atoms with E-state index in [4.69, 9.17) is 14.2 Å². The summed E-state index contributed by atoms with van der Waals surface area (Å²) < 4.78 is 16.6. The molecule has 0 atom stereocenters. The van der Waals surface area contributed by atoms with Crippen molar-refractivity contribution in [1.82, 2.24) is 10.6 Å². The van der Waals surface area contributed by atoms with Crippen molar-refractivity contribution in [1.29, 1.82) is 0 Å². The topological polar surface area (TPSA) is 103 Å². The number of carbonyl (C=O) groups is 3. The number of amides is 4. The Morgan fingerprint density at radius 2 is 1.60 bits per heavy atom. The molecule has 2 aliphatic heterocycles. The molecule has 2 saturated heterocycles. The zero-order chi connectivity index (χ0) is 17.9. The van der Waals surface area contributed by atoms with E-state index in [1.54, 1.807) is 24.3 Å². The van der Waals surface area contributed by atoms with Gasteiger partial charge in [0.05, 0.1) is 6.61 Å². The molecule has 134 valence electrons. The molecule has 4 amide bonds. The molecule has 0 bridgehead atoms. The lowest BCUT2D eigenvalue weighted by molar-refractivity contribution is -0.149. The molecule has 2 heterocycles. The minimum Gasteiger partial charge on any atom is -0.493 e. The van der Waals surface area contributed by atoms with E-state index in [1.807, 2.05) is 10.6 Å². The van der Waals surface area contributed by atoms with Crippen molar-refractivity contribution >= 4 is 17.8 Å². The van der Waals surface area contributed by atoms with Gasteiger partial charge in [-0.05, 0) is 49.9 Å². The first kappa shape index (κ1) is 17.2. The first-order valence-electron chi connectivity index (χ1n) is 8.14. The number of nitrogens with one attached hydrogen (secondary N) is 2. The van der Waals surface area contributed by atoms with Crippen LogP contribution < -0.4 is 20.1 Å². The molecule has 0 unspecified atom stereocenters. The van der Waals surface area contributed by atoms with Crippen LogP contribution in [0.3, 0.4) is 0 Å². The van der Waals surface area contributed by atoms with Crippen molar-refractivity contribution in [3.63, 3.8) is 0 Å². The minimum absolute atomic E-state index is 0.320. The molecular formula is C17H20N2O6. The van der Waals surface area contributed by atoms with E-state index in [2.05, 4.69) is 0 Å². The molecule has 0 aromatic heterocycles. The summed E-state index contributed by atoms with van der Waals surface area (Å²) in [7, 11) is 0. The smallest absolute Gasteiger partial charge is 0.328 e. The van der Waals surface area contributed by atoms with E-state index in [1.165, 1.54) is 6.92 Å². The van der Waals surface area contributed by atoms with E-state index in [0.717, 1.165) is 26.1 Å². The standard InChI is InChI=1S/C17H20N2O6/c1-17(14(20)18-16(22)19-15(17)21)25-13-4-2-12(3-5-13)24-10-11-6-8-23-9-7-11/h2-5,11H,6-10H2,1H3,(H2,18,19,20,21,22). The molecule has 0 radical (unpaired) electrons. The van der Waals surface area contributed by atoms with Gasteiger partial charge in [0, 0.05) is 13.2 Å². The molecule has 8 nitrogen and oxygen atoms in total. The number of rotatable bonds is 5. The fraction of sp³-hybridized carbons (Fsp3) is 0.471. The Morgan fingerprint density at radius 1 is 1.04 bits per heavy atom. The van der Waals surface area contributed by atoms with Crippen molar-refractivity contribution in [3.8, 4) is 11.5 Å². The number of hydrogen-bond donors (Lipinski definition) is 2. The average Bonchev–Trinajstić information content (AvgIpc) is 2.60. The largest absolute Gasteiger partial charge is 0.493 e. The Labute approximate surface area is 144 Å². The van der Waals surface area contributed by atoms with Gasteiger partial charge in [0.15, 0.2) is 0 Å². The van der Waals surface area contributed by atoms with Gasteiger partial charge in [-0.2, -0.15) is 0 Å². The fourth-order valence-corrected chi connectivity index (χ4v) is 2.64. The second kappa shape index (κ2) is 7.10. The molecule has 8 heteroatoms. The van der Waals surface area contributed by atoms with Crippen molar-refractivity contribution in [3.05, 3.63) is 24.3 Å². The van der Waals surface area contributed by atoms with E-state index in [9.17, 15) is 14.4 Å². The van der Waals surface area contributed by atoms with Gasteiger partial charge >= 0.3 is 6.03 Å². The second-order valence-electron chi connectivity index (χ2n) is 6.21. The summed E-state index contributed by atoms with van der Waals surface area (Å²) >= 11 is 0. The van der Waals surface area contributed by atoms with Crippen LogP contribution in [-0.2, 0) is 14.3 Å². The van der Waals surface area contributed by atoms with Crippen LogP contribution in [0.4, 0.5) is 4.79 Å². The average molecular weight is 348 g/mol. The van der Waals surface area contributed by atoms with Gasteiger partial charge in [0.2, 0.25) is 0 Å². The minimum atomic E-state index is -1.81. The third-order valence-corrected chi connectivity index (χ3v) is 4.29. The maximum atomic E-state index is 11.9. The molecular weight excluding hydrogens is 328 g/mol. The number of ether oxygens (including phenoxy) is 3. The SMILES string of the molecule is CC1(Oc2ccc(OCC3CCOCC3)cc2)C(=O)NC(=O)NC1=O. The van der Waals surface area contributed by atoms with Crippen molar-refractivity contribution in [2.24, 2.45) is 5.92 Å². The van der Waals surface area contributed by atoms with Crippen molar-refractivity contribution in [2.75, 3.05) is 19.8 Å². The zero-order valence-corrected chi connectivity index (χ0v) is 13.9. The van der Waals surface area contributed by atoms with Crippen molar-refractivity contribution in [2.45, 2.75) is 25.4 Å². The van der Waals surface area contributed by atoms with Gasteiger partial charge in [-0.15, -0.1) is 0 Å². The number of benzene rings is 1. The highest BCUT2D eigenvalue weighted by atomic mass is 16.5. The Balaban J connectivity index is 1.59. The summed E-state index contributed by atoms with van der Waals surface area (Å²) in [6.07, 6.45) is 1.98. The fourth-order valence-electron chi connectivity index (χ4n) is 2.64. The lowest BCUT2D eigenvalue weighted by atomic mass is 10.0. The maximum Gasteiger partial charge on any atom is 0.328 e. The molecule has 3 rings (SSSR count). The van der Waals surface area contributed by atoms with Crippen LogP contribution >= 0.6 is 0 Å². The maximum absolute atomic E-state index is 11.9. The lowest BCUT2D eigenvalue weighted by Gasteiger charge is -2.30. The third-order valence-electron chi connectivity index (χ3n) is 4.29. The Bertz CT molecular complexity index is 646. The van der Waals surface area contributed by atoms with Crippen LogP contribution in [0, 0.1) is 5.92 Å². The predicted octanol–water partition coefficient (Wildman–Crippen LogP) is 0.995. The summed E-state index contributed by atoms with van der Waals surface area (Å²) in [5, 5.41) is 4.04. The van der Waals surface area contributed by atoms with E-state index >= 15 is 0 Å². The molecule has 25 heavy (non-hydrogen) atoms. The normalized spacial score (nSPS) is 20.6. The van der Waals surface area contributed by atoms with Crippen molar-refractivity contribution < 1.29 is 28.6 Å². The van der Waals surface area contributed by atoms with Gasteiger partial charge in [0.25, 0.3) is 17.4 Å². The Hall–Kier alpha value is -2.61. The lowest BCUT2D eigenvalue weighted by Crippen LogP contribution is -2.67. The summed E-state index contributed by atoms with van der Waals surface area (Å²) in [5.41, 5.74) is -1.81. The number of carbonyl (C=O) groups excluding carboxylic acids is 3. The van der Waals surface area contributed by atoms with Gasteiger partial charge in [-0.1, -0.05) is 0 Å². The number of hydrogen-bond acceptors (Lipinski definition) is 6. The third kappa shape index (κ3) is 3.90. The van der Waals surface area contributed by atoms with Gasteiger partial charge < -0.3 is 14.2 Å². The zero-order valence-electron chi connectivity index (χ0n) is 13.9. The van der Waals surface area contributed by atoms with Gasteiger partial charge in [-0.25, -0.2) is 4.79 Å². The van der Waals surface area contributed by atoms with Crippen LogP contribution in [0.15, 0.2) is 24.3 Å². The van der Waals surface area contributed by atoms with Crippen LogP contribution in [0.5, 0.6) is 11.5 Å².